The van der Waals surface area contributed by atoms with Gasteiger partial charge in [-0.1, -0.05) is 0 Å². The highest BCUT2D eigenvalue weighted by Crippen LogP contribution is 2.36. The molecule has 108 valence electrons. The number of nitrogens with zero attached hydrogens (tertiary/aromatic N) is 1. The number of hydrogen-bond donors (Lipinski definition) is 1. The van der Waals surface area contributed by atoms with Gasteiger partial charge < -0.3 is 5.73 Å². The third-order valence-electron chi connectivity index (χ3n) is 3.86. The van der Waals surface area contributed by atoms with E-state index in [-0.39, 0.29) is 17.4 Å². The number of imide groups is 1. The molecule has 21 heavy (non-hydrogen) atoms. The average Bonchev–Trinajstić information content (AvgIpc) is 2.72. The molecule has 1 aromatic rings. The number of hydrogen-bond acceptors (Lipinski definition) is 3. The second-order valence-corrected chi connectivity index (χ2v) is 5.99. The van der Waals surface area contributed by atoms with Crippen LogP contribution in [0, 0.1) is 0 Å². The molecule has 6 heteroatoms. The molecule has 1 aliphatic heterocycles. The molecule has 3 amide bonds. The first-order valence-electron chi connectivity index (χ1n) is 6.71. The fourth-order valence-corrected chi connectivity index (χ4v) is 3.26. The molecule has 0 unspecified atom stereocenters. The van der Waals surface area contributed by atoms with Crippen molar-refractivity contribution in [1.29, 1.82) is 0 Å². The summed E-state index contributed by atoms with van der Waals surface area (Å²) < 4.78 is 0.538. The zero-order chi connectivity index (χ0) is 15.1. The topological polar surface area (TPSA) is 80.5 Å². The fraction of sp³-hybridized carbons (Fsp3) is 0.267. The average molecular weight is 349 g/mol. The fourth-order valence-electron chi connectivity index (χ4n) is 2.82. The largest absolute Gasteiger partial charge is 0.366 e. The van der Waals surface area contributed by atoms with Gasteiger partial charge in [-0.3, -0.25) is 14.4 Å². The number of primary amides is 1. The Morgan fingerprint density at radius 3 is 2.19 bits per heavy atom. The molecule has 1 aromatic carbocycles. The van der Waals surface area contributed by atoms with Gasteiger partial charge in [0, 0.05) is 15.6 Å². The molecule has 0 spiro atoms. The number of rotatable bonds is 2. The maximum Gasteiger partial charge on any atom is 0.261 e. The maximum absolute atomic E-state index is 12.4. The van der Waals surface area contributed by atoms with Crippen LogP contribution >= 0.6 is 15.9 Å². The summed E-state index contributed by atoms with van der Waals surface area (Å²) in [5.41, 5.74) is 7.17. The van der Waals surface area contributed by atoms with Crippen molar-refractivity contribution in [3.8, 4) is 0 Å². The van der Waals surface area contributed by atoms with Crippen LogP contribution in [0.15, 0.2) is 33.8 Å². The van der Waals surface area contributed by atoms with Gasteiger partial charge in [-0.05, 0) is 59.8 Å². The quantitative estimate of drug-likeness (QED) is 0.832. The Balaban J connectivity index is 2.03. The summed E-state index contributed by atoms with van der Waals surface area (Å²) in [5.74, 6) is -1.15. The van der Waals surface area contributed by atoms with Gasteiger partial charge in [0.05, 0.1) is 11.3 Å². The lowest BCUT2D eigenvalue weighted by atomic mass is 9.93. The number of carbonyl (C=O) groups is 3. The summed E-state index contributed by atoms with van der Waals surface area (Å²) in [5, 5.41) is 0. The van der Waals surface area contributed by atoms with Crippen LogP contribution in [0.5, 0.6) is 0 Å². The van der Waals surface area contributed by atoms with E-state index >= 15 is 0 Å². The Bertz CT molecular complexity index is 681. The van der Waals surface area contributed by atoms with Crippen molar-refractivity contribution in [2.24, 2.45) is 5.73 Å². The second kappa shape index (κ2) is 5.11. The molecule has 0 aromatic heterocycles. The predicted octanol–water partition coefficient (Wildman–Crippen LogP) is 2.29. The smallest absolute Gasteiger partial charge is 0.261 e. The highest BCUT2D eigenvalue weighted by molar-refractivity contribution is 9.10. The zero-order valence-electron chi connectivity index (χ0n) is 11.2. The van der Waals surface area contributed by atoms with E-state index in [0.29, 0.717) is 34.1 Å². The minimum Gasteiger partial charge on any atom is -0.366 e. The van der Waals surface area contributed by atoms with Crippen LogP contribution in [-0.2, 0) is 9.59 Å². The standard InChI is InChI=1S/C15H13BrN2O3/c16-12-6-5-8(7-11(12)13(17)19)18-14(20)9-3-1-2-4-10(9)15(18)21/h5-7H,1-4H2,(H2,17,19). The molecule has 0 saturated carbocycles. The van der Waals surface area contributed by atoms with E-state index < -0.39 is 5.91 Å². The van der Waals surface area contributed by atoms with E-state index in [1.54, 1.807) is 12.1 Å². The summed E-state index contributed by atoms with van der Waals surface area (Å²) in [7, 11) is 0. The number of amides is 3. The molecule has 0 atom stereocenters. The molecule has 1 aliphatic carbocycles. The van der Waals surface area contributed by atoms with Gasteiger partial charge in [-0.15, -0.1) is 0 Å². The number of halogens is 1. The van der Waals surface area contributed by atoms with Crippen LogP contribution in [0.4, 0.5) is 5.69 Å². The number of nitrogens with two attached hydrogens (primary N) is 1. The van der Waals surface area contributed by atoms with Crippen molar-refractivity contribution in [3.63, 3.8) is 0 Å². The van der Waals surface area contributed by atoms with Gasteiger partial charge in [0.25, 0.3) is 11.8 Å². The first-order valence-corrected chi connectivity index (χ1v) is 7.50. The molecule has 0 radical (unpaired) electrons. The molecule has 2 aliphatic rings. The van der Waals surface area contributed by atoms with Crippen LogP contribution in [0.2, 0.25) is 0 Å². The Labute approximate surface area is 129 Å². The highest BCUT2D eigenvalue weighted by Gasteiger charge is 2.39. The Hall–Kier alpha value is -1.95. The van der Waals surface area contributed by atoms with Gasteiger partial charge in [0.1, 0.15) is 0 Å². The molecule has 3 rings (SSSR count). The Morgan fingerprint density at radius 2 is 1.67 bits per heavy atom. The first-order chi connectivity index (χ1) is 10.0. The maximum atomic E-state index is 12.4. The van der Waals surface area contributed by atoms with Crippen LogP contribution in [0.3, 0.4) is 0 Å². The summed E-state index contributed by atoms with van der Waals surface area (Å²) in [6.45, 7) is 0. The van der Waals surface area contributed by atoms with Gasteiger partial charge in [-0.25, -0.2) is 4.90 Å². The number of benzene rings is 1. The SMILES string of the molecule is NC(=O)c1cc(N2C(=O)C3=C(CCCC3)C2=O)ccc1Br. The number of carbonyl (C=O) groups excluding carboxylic acids is 3. The van der Waals surface area contributed by atoms with Crippen molar-refractivity contribution in [1.82, 2.24) is 0 Å². The van der Waals surface area contributed by atoms with Crippen LogP contribution in [0.1, 0.15) is 36.0 Å². The van der Waals surface area contributed by atoms with Gasteiger partial charge in [0.2, 0.25) is 5.91 Å². The van der Waals surface area contributed by atoms with E-state index in [0.717, 1.165) is 17.7 Å². The third kappa shape index (κ3) is 2.19. The van der Waals surface area contributed by atoms with Crippen LogP contribution < -0.4 is 10.6 Å². The van der Waals surface area contributed by atoms with Crippen molar-refractivity contribution in [2.45, 2.75) is 25.7 Å². The molecule has 1 heterocycles. The van der Waals surface area contributed by atoms with Gasteiger partial charge in [-0.2, -0.15) is 0 Å². The summed E-state index contributed by atoms with van der Waals surface area (Å²) >= 11 is 3.23. The van der Waals surface area contributed by atoms with E-state index in [2.05, 4.69) is 15.9 Å². The molecular formula is C15H13BrN2O3. The van der Waals surface area contributed by atoms with Gasteiger partial charge >= 0.3 is 0 Å². The minimum atomic E-state index is -0.611. The monoisotopic (exact) mass is 348 g/mol. The van der Waals surface area contributed by atoms with Crippen LogP contribution in [-0.4, -0.2) is 17.7 Å². The molecule has 5 nitrogen and oxygen atoms in total. The van der Waals surface area contributed by atoms with Crippen molar-refractivity contribution in [3.05, 3.63) is 39.4 Å². The highest BCUT2D eigenvalue weighted by atomic mass is 79.9. The van der Waals surface area contributed by atoms with E-state index in [1.807, 2.05) is 0 Å². The zero-order valence-corrected chi connectivity index (χ0v) is 12.8. The van der Waals surface area contributed by atoms with E-state index in [1.165, 1.54) is 6.07 Å². The first kappa shape index (κ1) is 14.0. The normalized spacial score (nSPS) is 18.2. The predicted molar refractivity (Wildman–Crippen MR) is 80.6 cm³/mol. The summed E-state index contributed by atoms with van der Waals surface area (Å²) in [6, 6.07) is 4.72. The summed E-state index contributed by atoms with van der Waals surface area (Å²) in [6.07, 6.45) is 3.16. The van der Waals surface area contributed by atoms with Crippen molar-refractivity contribution >= 4 is 39.3 Å². The Morgan fingerprint density at radius 1 is 1.10 bits per heavy atom. The molecule has 0 bridgehead atoms. The van der Waals surface area contributed by atoms with Gasteiger partial charge in [0.15, 0.2) is 0 Å². The lowest BCUT2D eigenvalue weighted by Gasteiger charge is -2.16. The van der Waals surface area contributed by atoms with E-state index in [9.17, 15) is 14.4 Å². The third-order valence-corrected chi connectivity index (χ3v) is 4.56. The molecule has 2 N–H and O–H groups in total. The minimum absolute atomic E-state index is 0.248. The van der Waals surface area contributed by atoms with Crippen molar-refractivity contribution < 1.29 is 14.4 Å². The van der Waals surface area contributed by atoms with E-state index in [4.69, 9.17) is 5.73 Å². The molecule has 0 fully saturated rings. The lowest BCUT2D eigenvalue weighted by molar-refractivity contribution is -0.120. The Kier molecular flexibility index (Phi) is 3.41. The molecular weight excluding hydrogens is 336 g/mol. The summed E-state index contributed by atoms with van der Waals surface area (Å²) in [4.78, 5) is 37.4. The second-order valence-electron chi connectivity index (χ2n) is 5.14. The molecule has 0 saturated heterocycles. The lowest BCUT2D eigenvalue weighted by Crippen LogP contribution is -2.31. The number of anilines is 1. The van der Waals surface area contributed by atoms with Crippen molar-refractivity contribution in [2.75, 3.05) is 4.90 Å². The van der Waals surface area contributed by atoms with Crippen LogP contribution in [0.25, 0.3) is 0 Å².